The predicted molar refractivity (Wildman–Crippen MR) is 161 cm³/mol. The Morgan fingerprint density at radius 3 is 1.86 bits per heavy atom. The van der Waals surface area contributed by atoms with Gasteiger partial charge in [0.15, 0.2) is 0 Å². The molecule has 252 valence electrons. The zero-order valence-corrected chi connectivity index (χ0v) is 29.8. The summed E-state index contributed by atoms with van der Waals surface area (Å²) in [5.74, 6) is -0.663. The smallest absolute Gasteiger partial charge is 0.239 e. The molecule has 3 atom stereocenters. The predicted octanol–water partition coefficient (Wildman–Crippen LogP) is -0.483. The van der Waals surface area contributed by atoms with Crippen molar-refractivity contribution >= 4 is 42.7 Å². The quantitative estimate of drug-likeness (QED) is 0.140. The van der Waals surface area contributed by atoms with Gasteiger partial charge in [-0.15, -0.1) is 0 Å². The fraction of sp³-hybridized carbons (Fsp3) is 0.741. The summed E-state index contributed by atoms with van der Waals surface area (Å²) >= 11 is 0. The molecular formula is C27H54N7O8W-. The van der Waals surface area contributed by atoms with Crippen LogP contribution in [0.15, 0.2) is 0 Å². The third kappa shape index (κ3) is 35.2. The van der Waals surface area contributed by atoms with Crippen molar-refractivity contribution in [3.05, 3.63) is 5.73 Å². The second-order valence-electron chi connectivity index (χ2n) is 9.30. The summed E-state index contributed by atoms with van der Waals surface area (Å²) in [5.41, 5.74) is 5.53. The van der Waals surface area contributed by atoms with Crippen LogP contribution in [0.5, 0.6) is 0 Å². The van der Waals surface area contributed by atoms with E-state index in [4.69, 9.17) is 10.5 Å². The van der Waals surface area contributed by atoms with Crippen molar-refractivity contribution in [3.63, 3.8) is 0 Å². The van der Waals surface area contributed by atoms with E-state index in [1.54, 1.807) is 27.7 Å². The van der Waals surface area contributed by atoms with Crippen LogP contribution in [0.25, 0.3) is 5.73 Å². The van der Waals surface area contributed by atoms with Crippen LogP contribution in [-0.2, 0) is 54.6 Å². The molecule has 0 bridgehead atoms. The number of hydrogen-bond donors (Lipinski definition) is 6. The molecule has 3 unspecified atom stereocenters. The summed E-state index contributed by atoms with van der Waals surface area (Å²) < 4.78 is 0. The number of likely N-dealkylation sites (N-methyl/N-ethyl adjacent to an activating group) is 2. The van der Waals surface area contributed by atoms with Gasteiger partial charge >= 0.3 is 0 Å². The Morgan fingerprint density at radius 2 is 1.49 bits per heavy atom. The molecule has 0 saturated carbocycles. The first-order valence-corrected chi connectivity index (χ1v) is 13.9. The molecule has 43 heavy (non-hydrogen) atoms. The monoisotopic (exact) mass is 788 g/mol. The SMILES string of the molecule is CC(C)C(=O)NCC=O.CC(O)C(C)NC(=O)CNC(=O)C1CCCN1C.CCC.CCNC(=O)CNC=O.[NH-]C=O.[W]. The first-order chi connectivity index (χ1) is 19.7. The number of aliphatic hydroxyl groups is 1. The van der Waals surface area contributed by atoms with Gasteiger partial charge in [-0.1, -0.05) is 34.1 Å². The summed E-state index contributed by atoms with van der Waals surface area (Å²) in [5, 5.41) is 21.7. The minimum absolute atomic E-state index is 0. The fourth-order valence-corrected chi connectivity index (χ4v) is 2.69. The zero-order valence-electron chi connectivity index (χ0n) is 26.9. The van der Waals surface area contributed by atoms with Gasteiger partial charge in [-0.3, -0.25) is 28.9 Å². The van der Waals surface area contributed by atoms with Crippen LogP contribution in [0.4, 0.5) is 0 Å². The van der Waals surface area contributed by atoms with Crippen molar-refractivity contribution < 1.29 is 59.7 Å². The first-order valence-electron chi connectivity index (χ1n) is 13.9. The van der Waals surface area contributed by atoms with Gasteiger partial charge in [-0.25, -0.2) is 0 Å². The normalized spacial score (nSPS) is 14.1. The molecule has 6 amide bonds. The van der Waals surface area contributed by atoms with E-state index in [-0.39, 0.29) is 88.7 Å². The number of likely N-dealkylation sites (tertiary alicyclic amines) is 1. The van der Waals surface area contributed by atoms with Gasteiger partial charge in [0.25, 0.3) is 0 Å². The van der Waals surface area contributed by atoms with Crippen LogP contribution in [-0.4, -0.2) is 111 Å². The molecule has 0 radical (unpaired) electrons. The van der Waals surface area contributed by atoms with Crippen molar-refractivity contribution in [2.45, 2.75) is 85.9 Å². The molecule has 0 spiro atoms. The third-order valence-corrected chi connectivity index (χ3v) is 4.96. The van der Waals surface area contributed by atoms with E-state index in [0.717, 1.165) is 19.4 Å². The summed E-state index contributed by atoms with van der Waals surface area (Å²) in [6.07, 6.45) is 3.66. The number of carbonyl (C=O) groups is 7. The second-order valence-corrected chi connectivity index (χ2v) is 9.30. The molecule has 1 heterocycles. The van der Waals surface area contributed by atoms with Crippen molar-refractivity contribution in [3.8, 4) is 0 Å². The average molecular weight is 789 g/mol. The Labute approximate surface area is 270 Å². The summed E-state index contributed by atoms with van der Waals surface area (Å²) in [7, 11) is 1.91. The van der Waals surface area contributed by atoms with Gasteiger partial charge in [-0.05, 0) is 47.2 Å². The number of nitrogens with one attached hydrogen (secondary N) is 6. The summed E-state index contributed by atoms with van der Waals surface area (Å²) in [6, 6.07) is -0.435. The second kappa shape index (κ2) is 35.3. The Hall–Kier alpha value is -2.90. The maximum Gasteiger partial charge on any atom is 0.239 e. The van der Waals surface area contributed by atoms with Crippen LogP contribution in [0.1, 0.15) is 67.7 Å². The fourth-order valence-electron chi connectivity index (χ4n) is 2.69. The minimum Gasteiger partial charge on any atom is -0.671 e. The van der Waals surface area contributed by atoms with E-state index >= 15 is 0 Å². The minimum atomic E-state index is -0.606. The van der Waals surface area contributed by atoms with Crippen LogP contribution in [0.2, 0.25) is 0 Å². The van der Waals surface area contributed by atoms with Crippen molar-refractivity contribution in [1.29, 1.82) is 0 Å². The Morgan fingerprint density at radius 1 is 0.953 bits per heavy atom. The number of nitrogens with zero attached hydrogens (tertiary/aromatic N) is 1. The van der Waals surface area contributed by atoms with Crippen LogP contribution in [0, 0.1) is 5.92 Å². The van der Waals surface area contributed by atoms with Crippen molar-refractivity contribution in [2.24, 2.45) is 5.92 Å². The largest absolute Gasteiger partial charge is 0.671 e. The third-order valence-electron chi connectivity index (χ3n) is 4.96. The molecule has 0 aromatic carbocycles. The molecule has 0 aromatic heterocycles. The molecule has 1 aliphatic heterocycles. The number of aliphatic hydroxyl groups excluding tert-OH is 1. The first kappa shape index (κ1) is 49.8. The van der Waals surface area contributed by atoms with Crippen LogP contribution >= 0.6 is 0 Å². The number of hydrogen-bond acceptors (Lipinski definition) is 9. The van der Waals surface area contributed by atoms with Gasteiger partial charge in [-0.2, -0.15) is 0 Å². The number of amides is 6. The van der Waals surface area contributed by atoms with Crippen LogP contribution in [0.3, 0.4) is 0 Å². The van der Waals surface area contributed by atoms with Gasteiger partial charge in [0.05, 0.1) is 37.8 Å². The topological polar surface area (TPSA) is 227 Å². The molecule has 7 N–H and O–H groups in total. The van der Waals surface area contributed by atoms with E-state index in [9.17, 15) is 33.9 Å². The molecular weight excluding hydrogens is 734 g/mol. The van der Waals surface area contributed by atoms with Gasteiger partial charge < -0.3 is 47.0 Å². The van der Waals surface area contributed by atoms with Crippen molar-refractivity contribution in [1.82, 2.24) is 31.5 Å². The number of carbonyl (C=O) groups excluding carboxylic acids is 7. The van der Waals surface area contributed by atoms with E-state index in [2.05, 4.69) is 40.4 Å². The van der Waals surface area contributed by atoms with Gasteiger partial charge in [0.1, 0.15) is 6.29 Å². The van der Waals surface area contributed by atoms with Crippen molar-refractivity contribution in [2.75, 3.05) is 39.8 Å². The summed E-state index contributed by atoms with van der Waals surface area (Å²) in [6.45, 7) is 14.6. The van der Waals surface area contributed by atoms with E-state index < -0.39 is 6.10 Å². The van der Waals surface area contributed by atoms with E-state index in [1.165, 1.54) is 6.42 Å². The van der Waals surface area contributed by atoms with Gasteiger partial charge in [0, 0.05) is 39.9 Å². The standard InChI is InChI=1S/C12H23N3O3.C6H11NO2.C5H10N2O2.C3H8.CH3NO.W/c1-8(9(2)16)14-11(17)7-13-12(18)10-5-4-6-15(10)3;1-5(2)6(9)7-3-4-8;1-2-7-5(9)3-6-4-8;1-3-2;2-1-3;/h8-10,16H,4-7H2,1-3H3,(H,13,18)(H,14,17);4-5H,3H2,1-2H3,(H,7,9);4H,2-3H2,1H3,(H,6,8)(H,7,9);3H2,1-2H3;1H,(H2,2,3);/p-1. The maximum absolute atomic E-state index is 11.8. The van der Waals surface area contributed by atoms with E-state index in [0.29, 0.717) is 19.2 Å². The maximum atomic E-state index is 11.8. The zero-order chi connectivity index (χ0) is 33.5. The molecule has 0 aromatic rings. The Balaban J connectivity index is -0.000000163. The van der Waals surface area contributed by atoms with Gasteiger partial charge in [0.2, 0.25) is 30.0 Å². The van der Waals surface area contributed by atoms with E-state index in [1.807, 2.05) is 18.9 Å². The Bertz CT molecular complexity index is 759. The molecule has 1 saturated heterocycles. The molecule has 1 fully saturated rings. The molecule has 1 aliphatic rings. The molecule has 15 nitrogen and oxygen atoms in total. The average Bonchev–Trinajstić information content (AvgIpc) is 3.36. The number of rotatable bonds is 12. The molecule has 16 heteroatoms. The Kier molecular flexibility index (Phi) is 40.8. The van der Waals surface area contributed by atoms with Crippen LogP contribution < -0.4 is 26.6 Å². The molecule has 0 aliphatic carbocycles. The molecule has 1 rings (SSSR count). The number of aldehydes is 1. The summed E-state index contributed by atoms with van der Waals surface area (Å²) in [4.78, 5) is 74.2.